The molecule has 1 atom stereocenters. The van der Waals surface area contributed by atoms with E-state index in [1.54, 1.807) is 24.2 Å². The third-order valence-electron chi connectivity index (χ3n) is 3.46. The van der Waals surface area contributed by atoms with E-state index in [4.69, 9.17) is 10.5 Å². The minimum Gasteiger partial charge on any atom is -0.493 e. The number of aromatic nitrogens is 3. The minimum atomic E-state index is -0.337. The molecule has 0 aliphatic rings. The Hall–Kier alpha value is -2.40. The third-order valence-corrected chi connectivity index (χ3v) is 3.46. The summed E-state index contributed by atoms with van der Waals surface area (Å²) in [4.78, 5) is 4.45. The molecule has 102 valence electrons. The number of benzene rings is 1. The van der Waals surface area contributed by atoms with E-state index >= 15 is 0 Å². The summed E-state index contributed by atoms with van der Waals surface area (Å²) < 4.78 is 7.08. The number of fused-ring (bicyclic) bond motifs is 1. The minimum absolute atomic E-state index is 0.337. The van der Waals surface area contributed by atoms with Gasteiger partial charge in [0.2, 0.25) is 0 Å². The van der Waals surface area contributed by atoms with Crippen molar-refractivity contribution in [3.63, 3.8) is 0 Å². The molecule has 2 aromatic heterocycles. The molecule has 2 heterocycles. The van der Waals surface area contributed by atoms with Gasteiger partial charge in [-0.15, -0.1) is 0 Å². The average molecular weight is 268 g/mol. The second-order valence-corrected chi connectivity index (χ2v) is 4.62. The van der Waals surface area contributed by atoms with Crippen LogP contribution >= 0.6 is 0 Å². The molecule has 0 spiro atoms. The Kier molecular flexibility index (Phi) is 3.12. The predicted molar refractivity (Wildman–Crippen MR) is 77.5 cm³/mol. The quantitative estimate of drug-likeness (QED) is 0.789. The fourth-order valence-corrected chi connectivity index (χ4v) is 2.46. The molecule has 0 aliphatic carbocycles. The molecule has 1 aromatic carbocycles. The summed E-state index contributed by atoms with van der Waals surface area (Å²) in [7, 11) is 3.48. The van der Waals surface area contributed by atoms with Crippen molar-refractivity contribution >= 4 is 10.9 Å². The largest absolute Gasteiger partial charge is 0.493 e. The van der Waals surface area contributed by atoms with E-state index in [2.05, 4.69) is 10.1 Å². The first kappa shape index (κ1) is 12.6. The van der Waals surface area contributed by atoms with Gasteiger partial charge in [0.15, 0.2) is 5.75 Å². The summed E-state index contributed by atoms with van der Waals surface area (Å²) >= 11 is 0. The highest BCUT2D eigenvalue weighted by molar-refractivity contribution is 5.82. The molecule has 20 heavy (non-hydrogen) atoms. The van der Waals surface area contributed by atoms with Crippen molar-refractivity contribution in [3.8, 4) is 5.75 Å². The molecular formula is C15H16N4O. The fourth-order valence-electron chi connectivity index (χ4n) is 2.46. The first-order valence-corrected chi connectivity index (χ1v) is 6.37. The first-order valence-electron chi connectivity index (χ1n) is 6.37. The van der Waals surface area contributed by atoms with E-state index < -0.39 is 0 Å². The lowest BCUT2D eigenvalue weighted by Crippen LogP contribution is -2.17. The molecule has 0 bridgehead atoms. The Morgan fingerprint density at radius 2 is 2.05 bits per heavy atom. The van der Waals surface area contributed by atoms with Gasteiger partial charge in [-0.3, -0.25) is 9.67 Å². The van der Waals surface area contributed by atoms with Crippen LogP contribution in [-0.4, -0.2) is 21.9 Å². The molecular weight excluding hydrogens is 252 g/mol. The van der Waals surface area contributed by atoms with E-state index in [-0.39, 0.29) is 6.04 Å². The zero-order valence-electron chi connectivity index (χ0n) is 11.4. The Balaban J connectivity index is 2.17. The zero-order valence-corrected chi connectivity index (χ0v) is 11.4. The van der Waals surface area contributed by atoms with E-state index in [1.807, 2.05) is 37.4 Å². The Morgan fingerprint density at radius 3 is 2.85 bits per heavy atom. The van der Waals surface area contributed by atoms with Crippen LogP contribution in [0.15, 0.2) is 42.7 Å². The van der Waals surface area contributed by atoms with Crippen LogP contribution in [0.25, 0.3) is 10.9 Å². The van der Waals surface area contributed by atoms with Crippen LogP contribution in [0.3, 0.4) is 0 Å². The van der Waals surface area contributed by atoms with Gasteiger partial charge in [0.05, 0.1) is 24.9 Å². The predicted octanol–water partition coefficient (Wildman–Crippen LogP) is 2.02. The van der Waals surface area contributed by atoms with Crippen LogP contribution < -0.4 is 10.5 Å². The van der Waals surface area contributed by atoms with Crippen LogP contribution in [0.1, 0.15) is 17.3 Å². The smallest absolute Gasteiger partial charge is 0.161 e. The fraction of sp³-hybridized carbons (Fsp3) is 0.200. The van der Waals surface area contributed by atoms with Crippen molar-refractivity contribution in [2.45, 2.75) is 6.04 Å². The molecule has 0 amide bonds. The molecule has 0 radical (unpaired) electrons. The van der Waals surface area contributed by atoms with E-state index in [9.17, 15) is 0 Å². The highest BCUT2D eigenvalue weighted by atomic mass is 16.5. The molecule has 0 saturated carbocycles. The topological polar surface area (TPSA) is 66.0 Å². The molecule has 1 unspecified atom stereocenters. The van der Waals surface area contributed by atoms with Gasteiger partial charge < -0.3 is 10.5 Å². The lowest BCUT2D eigenvalue weighted by atomic mass is 10.0. The van der Waals surface area contributed by atoms with Gasteiger partial charge in [-0.2, -0.15) is 5.10 Å². The summed E-state index contributed by atoms with van der Waals surface area (Å²) in [6, 6.07) is 9.62. The van der Waals surface area contributed by atoms with E-state index in [0.717, 1.165) is 22.2 Å². The lowest BCUT2D eigenvalue weighted by Gasteiger charge is -2.16. The zero-order chi connectivity index (χ0) is 14.1. The maximum atomic E-state index is 6.42. The van der Waals surface area contributed by atoms with Gasteiger partial charge in [0.1, 0.15) is 5.69 Å². The summed E-state index contributed by atoms with van der Waals surface area (Å²) in [5.41, 5.74) is 9.13. The van der Waals surface area contributed by atoms with E-state index in [0.29, 0.717) is 5.75 Å². The van der Waals surface area contributed by atoms with Crippen molar-refractivity contribution in [2.75, 3.05) is 7.11 Å². The molecule has 0 aliphatic heterocycles. The van der Waals surface area contributed by atoms with Gasteiger partial charge in [-0.1, -0.05) is 24.3 Å². The Labute approximate surface area is 117 Å². The number of para-hydroxylation sites is 1. The maximum Gasteiger partial charge on any atom is 0.161 e. The summed E-state index contributed by atoms with van der Waals surface area (Å²) in [5, 5.41) is 5.28. The molecule has 2 N–H and O–H groups in total. The van der Waals surface area contributed by atoms with Crippen LogP contribution in [0, 0.1) is 0 Å². The standard InChI is InChI=1S/C15H16N4O/c1-19-15(12(20-2)9-18-19)13(16)11-7-3-5-10-6-4-8-17-14(10)11/h3-9,13H,16H2,1-2H3. The number of pyridine rings is 1. The molecule has 0 fully saturated rings. The monoisotopic (exact) mass is 268 g/mol. The molecule has 3 rings (SSSR count). The van der Waals surface area contributed by atoms with Crippen molar-refractivity contribution in [3.05, 3.63) is 54.0 Å². The number of rotatable bonds is 3. The lowest BCUT2D eigenvalue weighted by molar-refractivity contribution is 0.406. The highest BCUT2D eigenvalue weighted by Gasteiger charge is 2.20. The van der Waals surface area contributed by atoms with Gasteiger partial charge >= 0.3 is 0 Å². The van der Waals surface area contributed by atoms with Crippen molar-refractivity contribution in [1.29, 1.82) is 0 Å². The molecule has 3 aromatic rings. The second-order valence-electron chi connectivity index (χ2n) is 4.62. The highest BCUT2D eigenvalue weighted by Crippen LogP contribution is 2.30. The molecule has 0 saturated heterocycles. The van der Waals surface area contributed by atoms with Crippen LogP contribution in [0.5, 0.6) is 5.75 Å². The Morgan fingerprint density at radius 1 is 1.25 bits per heavy atom. The average Bonchev–Trinajstić information content (AvgIpc) is 2.87. The summed E-state index contributed by atoms with van der Waals surface area (Å²) in [5.74, 6) is 0.688. The number of hydrogen-bond donors (Lipinski definition) is 1. The normalized spacial score (nSPS) is 12.6. The number of hydrogen-bond acceptors (Lipinski definition) is 4. The molecule has 5 heteroatoms. The van der Waals surface area contributed by atoms with E-state index in [1.165, 1.54) is 0 Å². The van der Waals surface area contributed by atoms with Crippen molar-refractivity contribution in [1.82, 2.24) is 14.8 Å². The Bertz CT molecular complexity index is 745. The van der Waals surface area contributed by atoms with Crippen LogP contribution in [-0.2, 0) is 7.05 Å². The van der Waals surface area contributed by atoms with Crippen LogP contribution in [0.4, 0.5) is 0 Å². The number of ether oxygens (including phenoxy) is 1. The summed E-state index contributed by atoms with van der Waals surface area (Å²) in [6.45, 7) is 0. The van der Waals surface area contributed by atoms with Gasteiger partial charge in [0, 0.05) is 24.2 Å². The summed E-state index contributed by atoms with van der Waals surface area (Å²) in [6.07, 6.45) is 3.45. The maximum absolute atomic E-state index is 6.42. The molecule has 5 nitrogen and oxygen atoms in total. The van der Waals surface area contributed by atoms with Gasteiger partial charge in [-0.05, 0) is 6.07 Å². The number of nitrogens with zero attached hydrogens (tertiary/aromatic N) is 3. The van der Waals surface area contributed by atoms with Gasteiger partial charge in [-0.25, -0.2) is 0 Å². The number of aryl methyl sites for hydroxylation is 1. The first-order chi connectivity index (χ1) is 9.72. The number of nitrogens with two attached hydrogens (primary N) is 1. The van der Waals surface area contributed by atoms with Crippen molar-refractivity contribution < 1.29 is 4.74 Å². The van der Waals surface area contributed by atoms with Gasteiger partial charge in [0.25, 0.3) is 0 Å². The second kappa shape index (κ2) is 4.94. The SMILES string of the molecule is COc1cnn(C)c1C(N)c1cccc2cccnc12. The third kappa shape index (κ3) is 1.92. The van der Waals surface area contributed by atoms with Crippen molar-refractivity contribution in [2.24, 2.45) is 12.8 Å². The van der Waals surface area contributed by atoms with Crippen LogP contribution in [0.2, 0.25) is 0 Å². The number of methoxy groups -OCH3 is 1.